The average molecular weight is 398 g/mol. The minimum atomic E-state index is 0. The Bertz CT molecular complexity index is 371. The quantitative estimate of drug-likeness (QED) is 0.322. The Balaban J connectivity index is 0.00000324. The lowest BCUT2D eigenvalue weighted by Gasteiger charge is -2.08. The lowest BCUT2D eigenvalue weighted by atomic mass is 10.3. The normalized spacial score (nSPS) is 10.7. The summed E-state index contributed by atoms with van der Waals surface area (Å²) in [5.41, 5.74) is 5.68. The zero-order chi connectivity index (χ0) is 13.2. The van der Waals surface area contributed by atoms with E-state index in [-0.39, 0.29) is 24.0 Å². The Morgan fingerprint density at radius 1 is 1.37 bits per heavy atom. The van der Waals surface area contributed by atoms with E-state index in [0.29, 0.717) is 24.1 Å². The summed E-state index contributed by atoms with van der Waals surface area (Å²) in [6.07, 6.45) is 2.18. The van der Waals surface area contributed by atoms with Gasteiger partial charge in [0.05, 0.1) is 6.54 Å². The van der Waals surface area contributed by atoms with Crippen LogP contribution in [-0.4, -0.2) is 25.7 Å². The van der Waals surface area contributed by atoms with Crippen molar-refractivity contribution in [1.29, 1.82) is 0 Å². The molecule has 0 fully saturated rings. The summed E-state index contributed by atoms with van der Waals surface area (Å²) in [5.74, 6) is 1.27. The zero-order valence-corrected chi connectivity index (χ0v) is 14.2. The van der Waals surface area contributed by atoms with Crippen LogP contribution >= 0.6 is 35.6 Å². The number of ether oxygens (including phenoxy) is 1. The van der Waals surface area contributed by atoms with Gasteiger partial charge in [0.25, 0.3) is 0 Å². The maximum absolute atomic E-state index is 5.77. The third-order valence-corrected chi connectivity index (χ3v) is 2.54. The van der Waals surface area contributed by atoms with Crippen LogP contribution in [0, 0.1) is 0 Å². The van der Waals surface area contributed by atoms with Crippen molar-refractivity contribution >= 4 is 41.5 Å². The minimum absolute atomic E-state index is 0. The van der Waals surface area contributed by atoms with Crippen molar-refractivity contribution in [3.63, 3.8) is 0 Å². The first-order valence-corrected chi connectivity index (χ1v) is 6.52. The third-order valence-electron chi connectivity index (χ3n) is 2.28. The van der Waals surface area contributed by atoms with E-state index < -0.39 is 0 Å². The summed E-state index contributed by atoms with van der Waals surface area (Å²) in [4.78, 5) is 4.18. The SMILES string of the molecule is CCCCN=C(N)NCCOc1ccc(Cl)cc1.I. The van der Waals surface area contributed by atoms with Crippen molar-refractivity contribution in [2.75, 3.05) is 19.7 Å². The number of unbranched alkanes of at least 4 members (excludes halogenated alkanes) is 1. The highest BCUT2D eigenvalue weighted by molar-refractivity contribution is 14.0. The molecule has 4 nitrogen and oxygen atoms in total. The largest absolute Gasteiger partial charge is 0.492 e. The molecule has 1 aromatic rings. The number of hydrogen-bond donors (Lipinski definition) is 2. The lowest BCUT2D eigenvalue weighted by Crippen LogP contribution is -2.34. The van der Waals surface area contributed by atoms with Crippen molar-refractivity contribution in [2.45, 2.75) is 19.8 Å². The Kier molecular flexibility index (Phi) is 10.8. The van der Waals surface area contributed by atoms with Gasteiger partial charge in [0.15, 0.2) is 5.96 Å². The van der Waals surface area contributed by atoms with E-state index in [2.05, 4.69) is 17.2 Å². The van der Waals surface area contributed by atoms with Gasteiger partial charge in [-0.2, -0.15) is 0 Å². The molecule has 0 heterocycles. The van der Waals surface area contributed by atoms with Crippen LogP contribution in [0.25, 0.3) is 0 Å². The first kappa shape index (κ1) is 18.3. The molecule has 0 aliphatic rings. The molecule has 3 N–H and O–H groups in total. The van der Waals surface area contributed by atoms with Gasteiger partial charge in [0, 0.05) is 11.6 Å². The number of nitrogens with two attached hydrogens (primary N) is 1. The van der Waals surface area contributed by atoms with Gasteiger partial charge in [-0.05, 0) is 30.7 Å². The Morgan fingerprint density at radius 2 is 2.05 bits per heavy atom. The van der Waals surface area contributed by atoms with Crippen LogP contribution < -0.4 is 15.8 Å². The fraction of sp³-hybridized carbons (Fsp3) is 0.462. The molecule has 0 atom stereocenters. The van der Waals surface area contributed by atoms with Crippen LogP contribution in [0.5, 0.6) is 5.75 Å². The number of halogens is 2. The van der Waals surface area contributed by atoms with Crippen LogP contribution in [0.15, 0.2) is 29.3 Å². The molecule has 0 radical (unpaired) electrons. The van der Waals surface area contributed by atoms with Crippen LogP contribution in [0.4, 0.5) is 0 Å². The highest BCUT2D eigenvalue weighted by Crippen LogP contribution is 2.14. The second-order valence-electron chi connectivity index (χ2n) is 3.85. The van der Waals surface area contributed by atoms with E-state index in [1.807, 2.05) is 12.1 Å². The Morgan fingerprint density at radius 3 is 2.68 bits per heavy atom. The van der Waals surface area contributed by atoms with E-state index in [0.717, 1.165) is 25.1 Å². The molecule has 6 heteroatoms. The fourth-order valence-corrected chi connectivity index (χ4v) is 1.42. The highest BCUT2D eigenvalue weighted by Gasteiger charge is 1.94. The molecule has 0 aliphatic heterocycles. The number of aliphatic imine (C=N–C) groups is 1. The van der Waals surface area contributed by atoms with Crippen LogP contribution in [0.1, 0.15) is 19.8 Å². The molecule has 0 saturated carbocycles. The van der Waals surface area contributed by atoms with Gasteiger partial charge >= 0.3 is 0 Å². The smallest absolute Gasteiger partial charge is 0.188 e. The van der Waals surface area contributed by atoms with Gasteiger partial charge < -0.3 is 15.8 Å². The molecule has 0 spiro atoms. The molecule has 0 aromatic heterocycles. The second kappa shape index (κ2) is 11.2. The molecular formula is C13H21ClIN3O. The number of rotatable bonds is 7. The van der Waals surface area contributed by atoms with Gasteiger partial charge in [-0.25, -0.2) is 0 Å². The van der Waals surface area contributed by atoms with Gasteiger partial charge in [-0.15, -0.1) is 24.0 Å². The molecule has 1 aromatic carbocycles. The summed E-state index contributed by atoms with van der Waals surface area (Å²) in [5, 5.41) is 3.70. The molecule has 0 bridgehead atoms. The lowest BCUT2D eigenvalue weighted by molar-refractivity contribution is 0.322. The Hall–Kier alpha value is -0.690. The molecule has 0 amide bonds. The average Bonchev–Trinajstić information content (AvgIpc) is 2.37. The van der Waals surface area contributed by atoms with Gasteiger partial charge in [0.2, 0.25) is 0 Å². The standard InChI is InChI=1S/C13H20ClN3O.HI/c1-2-3-8-16-13(15)17-9-10-18-12-6-4-11(14)5-7-12;/h4-7H,2-3,8-10H2,1H3,(H3,15,16,17);1H. The second-order valence-corrected chi connectivity index (χ2v) is 4.29. The maximum atomic E-state index is 5.77. The van der Waals surface area contributed by atoms with Crippen LogP contribution in [-0.2, 0) is 0 Å². The fourth-order valence-electron chi connectivity index (χ4n) is 1.29. The van der Waals surface area contributed by atoms with Crippen molar-refractivity contribution in [2.24, 2.45) is 10.7 Å². The molecule has 108 valence electrons. The van der Waals surface area contributed by atoms with Gasteiger partial charge in [-0.3, -0.25) is 4.99 Å². The van der Waals surface area contributed by atoms with E-state index in [9.17, 15) is 0 Å². The van der Waals surface area contributed by atoms with Crippen LogP contribution in [0.2, 0.25) is 5.02 Å². The summed E-state index contributed by atoms with van der Waals surface area (Å²) in [7, 11) is 0. The Labute approximate surface area is 136 Å². The van der Waals surface area contributed by atoms with Crippen molar-refractivity contribution < 1.29 is 4.74 Å². The molecule has 0 saturated heterocycles. The molecule has 0 unspecified atom stereocenters. The maximum Gasteiger partial charge on any atom is 0.188 e. The monoisotopic (exact) mass is 397 g/mol. The van der Waals surface area contributed by atoms with Gasteiger partial charge in [-0.1, -0.05) is 24.9 Å². The number of guanidine groups is 1. The topological polar surface area (TPSA) is 59.6 Å². The molecule has 19 heavy (non-hydrogen) atoms. The first-order chi connectivity index (χ1) is 8.72. The molecule has 1 rings (SSSR count). The number of benzene rings is 1. The predicted molar refractivity (Wildman–Crippen MR) is 91.8 cm³/mol. The van der Waals surface area contributed by atoms with Crippen molar-refractivity contribution in [3.05, 3.63) is 29.3 Å². The van der Waals surface area contributed by atoms with Crippen LogP contribution in [0.3, 0.4) is 0 Å². The first-order valence-electron chi connectivity index (χ1n) is 6.14. The minimum Gasteiger partial charge on any atom is -0.492 e. The highest BCUT2D eigenvalue weighted by atomic mass is 127. The summed E-state index contributed by atoms with van der Waals surface area (Å²) in [6.45, 7) is 4.06. The van der Waals surface area contributed by atoms with E-state index in [4.69, 9.17) is 22.1 Å². The number of hydrogen-bond acceptors (Lipinski definition) is 2. The van der Waals surface area contributed by atoms with E-state index >= 15 is 0 Å². The summed E-state index contributed by atoms with van der Waals surface area (Å²) >= 11 is 5.77. The number of nitrogens with one attached hydrogen (secondary N) is 1. The van der Waals surface area contributed by atoms with Gasteiger partial charge in [0.1, 0.15) is 12.4 Å². The molecule has 0 aliphatic carbocycles. The predicted octanol–water partition coefficient (Wildman–Crippen LogP) is 3.04. The van der Waals surface area contributed by atoms with Crippen molar-refractivity contribution in [1.82, 2.24) is 5.32 Å². The summed E-state index contributed by atoms with van der Waals surface area (Å²) in [6, 6.07) is 7.26. The number of nitrogens with zero attached hydrogens (tertiary/aromatic N) is 1. The van der Waals surface area contributed by atoms with Crippen molar-refractivity contribution in [3.8, 4) is 5.75 Å². The van der Waals surface area contributed by atoms with E-state index in [1.54, 1.807) is 12.1 Å². The molecular weight excluding hydrogens is 377 g/mol. The summed E-state index contributed by atoms with van der Waals surface area (Å²) < 4.78 is 5.51. The van der Waals surface area contributed by atoms with E-state index in [1.165, 1.54) is 0 Å². The third kappa shape index (κ3) is 8.93. The zero-order valence-electron chi connectivity index (χ0n) is 11.1.